The van der Waals surface area contributed by atoms with Crippen LogP contribution in [0.5, 0.6) is 11.5 Å². The lowest BCUT2D eigenvalue weighted by atomic mass is 9.88. The summed E-state index contributed by atoms with van der Waals surface area (Å²) < 4.78 is 17.2. The molecule has 1 N–H and O–H groups in total. The molecule has 2 aromatic rings. The molecule has 2 aliphatic rings. The summed E-state index contributed by atoms with van der Waals surface area (Å²) >= 11 is 0. The van der Waals surface area contributed by atoms with E-state index in [-0.39, 0.29) is 17.6 Å². The minimum atomic E-state index is -0.0961. The Hall–Kier alpha value is -2.64. The highest BCUT2D eigenvalue weighted by atomic mass is 16.5. The molecule has 7 nitrogen and oxygen atoms in total. The highest BCUT2D eigenvalue weighted by molar-refractivity contribution is 5.93. The van der Waals surface area contributed by atoms with Crippen molar-refractivity contribution in [1.29, 1.82) is 0 Å². The SMILES string of the molecule is COc1cc(CN2CCC3(CC[C@H](CNC(=O)c4cccnc4)O3)CC2)cc(OC)c1. The van der Waals surface area contributed by atoms with Crippen molar-refractivity contribution < 1.29 is 19.0 Å². The van der Waals surface area contributed by atoms with Crippen molar-refractivity contribution in [1.82, 2.24) is 15.2 Å². The van der Waals surface area contributed by atoms with E-state index < -0.39 is 0 Å². The van der Waals surface area contributed by atoms with Crippen LogP contribution in [0, 0.1) is 0 Å². The number of pyridine rings is 1. The van der Waals surface area contributed by atoms with Gasteiger partial charge >= 0.3 is 0 Å². The molecule has 0 aliphatic carbocycles. The number of carbonyl (C=O) groups is 1. The second-order valence-electron chi connectivity index (χ2n) is 8.41. The van der Waals surface area contributed by atoms with Gasteiger partial charge in [0.15, 0.2) is 0 Å². The van der Waals surface area contributed by atoms with E-state index >= 15 is 0 Å². The molecule has 1 aromatic carbocycles. The Morgan fingerprint density at radius 1 is 1.19 bits per heavy atom. The van der Waals surface area contributed by atoms with Crippen molar-refractivity contribution in [2.24, 2.45) is 0 Å². The maximum absolute atomic E-state index is 12.2. The van der Waals surface area contributed by atoms with Crippen LogP contribution in [0.3, 0.4) is 0 Å². The number of methoxy groups -OCH3 is 2. The van der Waals surface area contributed by atoms with E-state index in [0.717, 1.165) is 56.8 Å². The molecule has 7 heteroatoms. The zero-order chi connectivity index (χ0) is 21.7. The average Bonchev–Trinajstić information content (AvgIpc) is 3.22. The maximum Gasteiger partial charge on any atom is 0.252 e. The zero-order valence-electron chi connectivity index (χ0n) is 18.3. The fraction of sp³-hybridized carbons (Fsp3) is 0.500. The molecule has 0 saturated carbocycles. The molecule has 0 radical (unpaired) electrons. The van der Waals surface area contributed by atoms with Gasteiger partial charge in [0.1, 0.15) is 11.5 Å². The van der Waals surface area contributed by atoms with Crippen molar-refractivity contribution in [3.63, 3.8) is 0 Å². The number of aromatic nitrogens is 1. The van der Waals surface area contributed by atoms with Gasteiger partial charge in [-0.3, -0.25) is 14.7 Å². The fourth-order valence-corrected chi connectivity index (χ4v) is 4.55. The molecular formula is C24H31N3O4. The summed E-state index contributed by atoms with van der Waals surface area (Å²) in [5.74, 6) is 1.54. The van der Waals surface area contributed by atoms with Gasteiger partial charge in [0.25, 0.3) is 5.91 Å². The predicted molar refractivity (Wildman–Crippen MR) is 117 cm³/mol. The Bertz CT molecular complexity index is 859. The molecule has 1 spiro atoms. The van der Waals surface area contributed by atoms with E-state index in [1.54, 1.807) is 38.7 Å². The second kappa shape index (κ2) is 9.66. The second-order valence-corrected chi connectivity index (χ2v) is 8.41. The number of likely N-dealkylation sites (tertiary alicyclic amines) is 1. The third-order valence-electron chi connectivity index (χ3n) is 6.34. The minimum Gasteiger partial charge on any atom is -0.497 e. The van der Waals surface area contributed by atoms with Crippen LogP contribution in [-0.4, -0.2) is 61.3 Å². The Kier molecular flexibility index (Phi) is 6.73. The van der Waals surface area contributed by atoms with Gasteiger partial charge < -0.3 is 19.5 Å². The third kappa shape index (κ3) is 5.35. The third-order valence-corrected chi connectivity index (χ3v) is 6.34. The summed E-state index contributed by atoms with van der Waals surface area (Å²) in [6.45, 7) is 3.40. The number of nitrogens with one attached hydrogen (secondary N) is 1. The summed E-state index contributed by atoms with van der Waals surface area (Å²) in [6, 6.07) is 9.58. The Labute approximate surface area is 183 Å². The first-order chi connectivity index (χ1) is 15.1. The minimum absolute atomic E-state index is 0.0493. The van der Waals surface area contributed by atoms with E-state index in [1.807, 2.05) is 6.07 Å². The number of nitrogens with zero attached hydrogens (tertiary/aromatic N) is 2. The van der Waals surface area contributed by atoms with Gasteiger partial charge in [-0.1, -0.05) is 0 Å². The Balaban J connectivity index is 1.25. The topological polar surface area (TPSA) is 72.9 Å². The predicted octanol–water partition coefficient (Wildman–Crippen LogP) is 3.04. The summed E-state index contributed by atoms with van der Waals surface area (Å²) in [7, 11) is 3.35. The van der Waals surface area contributed by atoms with Crippen molar-refractivity contribution in [3.05, 3.63) is 53.9 Å². The van der Waals surface area contributed by atoms with Gasteiger partial charge in [0.05, 0.1) is 31.5 Å². The zero-order valence-corrected chi connectivity index (χ0v) is 18.3. The van der Waals surface area contributed by atoms with Crippen LogP contribution in [0.2, 0.25) is 0 Å². The average molecular weight is 426 g/mol. The van der Waals surface area contributed by atoms with E-state index in [2.05, 4.69) is 27.3 Å². The van der Waals surface area contributed by atoms with Crippen LogP contribution in [0.1, 0.15) is 41.6 Å². The first kappa shape index (κ1) is 21.6. The van der Waals surface area contributed by atoms with Crippen LogP contribution < -0.4 is 14.8 Å². The standard InChI is InChI=1S/C24H31N3O4/c1-29-21-12-18(13-22(14-21)30-2)17-27-10-7-24(8-11-27)6-5-20(31-24)16-26-23(28)19-4-3-9-25-15-19/h3-4,9,12-15,20H,5-8,10-11,16-17H2,1-2H3,(H,26,28)/t20-/m1/s1. The van der Waals surface area contributed by atoms with E-state index in [1.165, 1.54) is 5.56 Å². The van der Waals surface area contributed by atoms with E-state index in [4.69, 9.17) is 14.2 Å². The van der Waals surface area contributed by atoms with Crippen LogP contribution in [0.25, 0.3) is 0 Å². The number of carbonyl (C=O) groups excluding carboxylic acids is 1. The van der Waals surface area contributed by atoms with Gasteiger partial charge in [-0.15, -0.1) is 0 Å². The first-order valence-corrected chi connectivity index (χ1v) is 10.9. The number of benzene rings is 1. The van der Waals surface area contributed by atoms with Crippen LogP contribution in [0.15, 0.2) is 42.7 Å². The maximum atomic E-state index is 12.2. The monoisotopic (exact) mass is 425 g/mol. The number of rotatable bonds is 7. The molecular weight excluding hydrogens is 394 g/mol. The van der Waals surface area contributed by atoms with Gasteiger partial charge in [0.2, 0.25) is 0 Å². The fourth-order valence-electron chi connectivity index (χ4n) is 4.55. The van der Waals surface area contributed by atoms with Crippen molar-refractivity contribution in [2.75, 3.05) is 33.9 Å². The number of amides is 1. The summed E-state index contributed by atoms with van der Waals surface area (Å²) in [5, 5.41) is 2.99. The normalized spacial score (nSPS) is 20.5. The lowest BCUT2D eigenvalue weighted by molar-refractivity contribution is -0.0764. The number of hydrogen-bond donors (Lipinski definition) is 1. The van der Waals surface area contributed by atoms with Gasteiger partial charge in [0, 0.05) is 44.6 Å². The molecule has 2 saturated heterocycles. The van der Waals surface area contributed by atoms with E-state index in [0.29, 0.717) is 12.1 Å². The summed E-state index contributed by atoms with van der Waals surface area (Å²) in [5.41, 5.74) is 1.72. The van der Waals surface area contributed by atoms with Crippen LogP contribution in [-0.2, 0) is 11.3 Å². The molecule has 1 atom stereocenters. The number of piperidine rings is 1. The Morgan fingerprint density at radius 3 is 2.58 bits per heavy atom. The molecule has 31 heavy (non-hydrogen) atoms. The summed E-state index contributed by atoms with van der Waals surface area (Å²) in [4.78, 5) is 18.7. The molecule has 2 fully saturated rings. The van der Waals surface area contributed by atoms with Crippen molar-refractivity contribution in [2.45, 2.75) is 43.9 Å². The molecule has 1 aromatic heterocycles. The Morgan fingerprint density at radius 2 is 1.94 bits per heavy atom. The molecule has 1 amide bonds. The number of ether oxygens (including phenoxy) is 3. The molecule has 0 unspecified atom stereocenters. The lowest BCUT2D eigenvalue weighted by Crippen LogP contribution is -2.44. The first-order valence-electron chi connectivity index (χ1n) is 10.9. The number of hydrogen-bond acceptors (Lipinski definition) is 6. The van der Waals surface area contributed by atoms with Gasteiger partial charge in [-0.2, -0.15) is 0 Å². The van der Waals surface area contributed by atoms with E-state index in [9.17, 15) is 4.79 Å². The quantitative estimate of drug-likeness (QED) is 0.735. The molecule has 0 bridgehead atoms. The van der Waals surface area contributed by atoms with Crippen molar-refractivity contribution >= 4 is 5.91 Å². The highest BCUT2D eigenvalue weighted by Crippen LogP contribution is 2.39. The molecule has 4 rings (SSSR count). The van der Waals surface area contributed by atoms with Crippen LogP contribution in [0.4, 0.5) is 0 Å². The smallest absolute Gasteiger partial charge is 0.252 e. The van der Waals surface area contributed by atoms with Gasteiger partial charge in [-0.25, -0.2) is 0 Å². The van der Waals surface area contributed by atoms with Crippen molar-refractivity contribution in [3.8, 4) is 11.5 Å². The van der Waals surface area contributed by atoms with Crippen LogP contribution >= 0.6 is 0 Å². The van der Waals surface area contributed by atoms with Gasteiger partial charge in [-0.05, 0) is 55.5 Å². The highest BCUT2D eigenvalue weighted by Gasteiger charge is 2.42. The molecule has 166 valence electrons. The molecule has 3 heterocycles. The molecule has 2 aliphatic heterocycles. The lowest BCUT2D eigenvalue weighted by Gasteiger charge is -2.39. The summed E-state index contributed by atoms with van der Waals surface area (Å²) in [6.07, 6.45) is 7.40. The largest absolute Gasteiger partial charge is 0.497 e.